The summed E-state index contributed by atoms with van der Waals surface area (Å²) in [5.41, 5.74) is 0.283. The molecule has 0 aliphatic carbocycles. The maximum absolute atomic E-state index is 11.8. The van der Waals surface area contributed by atoms with Crippen molar-refractivity contribution in [1.29, 1.82) is 0 Å². The second-order valence-corrected chi connectivity index (χ2v) is 5.46. The Hall–Kier alpha value is -0.590. The number of para-hydroxylation sites is 1. The van der Waals surface area contributed by atoms with E-state index in [4.69, 9.17) is 17.0 Å². The van der Waals surface area contributed by atoms with Crippen LogP contribution in [0.1, 0.15) is 17.3 Å². The number of thiocarbonyl (C=S) groups is 1. The van der Waals surface area contributed by atoms with Gasteiger partial charge in [-0.15, -0.1) is 0 Å². The van der Waals surface area contributed by atoms with Crippen molar-refractivity contribution in [2.24, 2.45) is 0 Å². The van der Waals surface area contributed by atoms with Crippen LogP contribution in [0, 0.1) is 0 Å². The van der Waals surface area contributed by atoms with E-state index < -0.39 is 0 Å². The second-order valence-electron chi connectivity index (χ2n) is 3.03. The molecule has 0 amide bonds. The fraction of sp³-hybridized carbons (Fsp3) is 0.273. The average molecular weight is 335 g/mol. The van der Waals surface area contributed by atoms with Crippen LogP contribution in [0.25, 0.3) is 0 Å². The maximum atomic E-state index is 11.8. The number of aromatic hydroxyl groups is 1. The molecule has 0 saturated heterocycles. The van der Waals surface area contributed by atoms with Crippen LogP contribution in [0.3, 0.4) is 0 Å². The first-order chi connectivity index (χ1) is 8.06. The first-order valence-corrected chi connectivity index (χ1v) is 7.05. The van der Waals surface area contributed by atoms with E-state index in [0.29, 0.717) is 15.5 Å². The van der Waals surface area contributed by atoms with Gasteiger partial charge in [0.2, 0.25) is 4.38 Å². The molecule has 0 atom stereocenters. The van der Waals surface area contributed by atoms with E-state index in [0.717, 1.165) is 11.8 Å². The Morgan fingerprint density at radius 1 is 1.59 bits per heavy atom. The van der Waals surface area contributed by atoms with Crippen LogP contribution in [-0.2, 0) is 4.74 Å². The van der Waals surface area contributed by atoms with Crippen LogP contribution in [-0.4, -0.2) is 27.6 Å². The molecular formula is C11H11BrO3S2. The maximum Gasteiger partial charge on any atom is 0.220 e. The number of carbonyl (C=O) groups is 1. The topological polar surface area (TPSA) is 46.5 Å². The highest BCUT2D eigenvalue weighted by Crippen LogP contribution is 2.28. The minimum Gasteiger partial charge on any atom is -0.506 e. The lowest BCUT2D eigenvalue weighted by Gasteiger charge is -2.06. The first kappa shape index (κ1) is 14.5. The summed E-state index contributed by atoms with van der Waals surface area (Å²) in [6, 6.07) is 4.94. The third-order valence-corrected chi connectivity index (χ3v) is 3.74. The Balaban J connectivity index is 2.64. The molecule has 0 heterocycles. The summed E-state index contributed by atoms with van der Waals surface area (Å²) in [5.74, 6) is -0.0701. The van der Waals surface area contributed by atoms with Gasteiger partial charge in [-0.3, -0.25) is 4.79 Å². The number of halogens is 1. The highest BCUT2D eigenvalue weighted by atomic mass is 79.9. The van der Waals surface area contributed by atoms with Gasteiger partial charge in [0, 0.05) is 0 Å². The van der Waals surface area contributed by atoms with Crippen molar-refractivity contribution in [2.45, 2.75) is 6.92 Å². The number of ether oxygens (including phenoxy) is 1. The number of phenolic OH excluding ortho intramolecular Hbond substituents is 1. The molecule has 92 valence electrons. The number of hydrogen-bond acceptors (Lipinski definition) is 5. The molecule has 1 rings (SSSR count). The molecule has 1 aromatic rings. The molecule has 0 saturated carbocycles. The molecule has 0 fully saturated rings. The van der Waals surface area contributed by atoms with Crippen LogP contribution in [0.4, 0.5) is 0 Å². The zero-order valence-electron chi connectivity index (χ0n) is 9.10. The van der Waals surface area contributed by atoms with Crippen molar-refractivity contribution >= 4 is 50.1 Å². The Bertz CT molecular complexity index is 435. The van der Waals surface area contributed by atoms with Gasteiger partial charge in [-0.25, -0.2) is 0 Å². The van der Waals surface area contributed by atoms with E-state index in [2.05, 4.69) is 15.9 Å². The van der Waals surface area contributed by atoms with E-state index in [1.165, 1.54) is 0 Å². The van der Waals surface area contributed by atoms with Crippen molar-refractivity contribution < 1.29 is 14.6 Å². The third kappa shape index (κ3) is 4.29. The standard InChI is InChI=1S/C11H11BrO3S2/c1-2-15-11(16)17-6-9(13)7-4-3-5-8(12)10(7)14/h3-5,14H,2,6H2,1H3. The Labute approximate surface area is 118 Å². The summed E-state index contributed by atoms with van der Waals surface area (Å²) in [4.78, 5) is 11.8. The molecular weight excluding hydrogens is 324 g/mol. The molecule has 0 aliphatic rings. The largest absolute Gasteiger partial charge is 0.506 e. The van der Waals surface area contributed by atoms with Gasteiger partial charge in [0.1, 0.15) is 5.75 Å². The molecule has 0 aliphatic heterocycles. The van der Waals surface area contributed by atoms with Crippen LogP contribution >= 0.6 is 39.9 Å². The molecule has 0 bridgehead atoms. The number of hydrogen-bond donors (Lipinski definition) is 1. The fourth-order valence-corrected chi connectivity index (χ4v) is 2.37. The number of phenols is 1. The van der Waals surface area contributed by atoms with Gasteiger partial charge in [-0.2, -0.15) is 0 Å². The van der Waals surface area contributed by atoms with Crippen LogP contribution < -0.4 is 0 Å². The molecule has 1 aromatic carbocycles. The Kier molecular flexibility index (Phi) is 5.94. The minimum atomic E-state index is -0.184. The molecule has 0 spiro atoms. The molecule has 1 N–H and O–H groups in total. The van der Waals surface area contributed by atoms with E-state index in [9.17, 15) is 9.90 Å². The van der Waals surface area contributed by atoms with Gasteiger partial charge < -0.3 is 9.84 Å². The monoisotopic (exact) mass is 334 g/mol. The van der Waals surface area contributed by atoms with Gasteiger partial charge >= 0.3 is 0 Å². The van der Waals surface area contributed by atoms with Gasteiger partial charge in [-0.05, 0) is 47.2 Å². The zero-order chi connectivity index (χ0) is 12.8. The SMILES string of the molecule is CCOC(=S)SCC(=O)c1cccc(Br)c1O. The van der Waals surface area contributed by atoms with E-state index in [1.54, 1.807) is 18.2 Å². The predicted octanol–water partition coefficient (Wildman–Crippen LogP) is 3.39. The van der Waals surface area contributed by atoms with Gasteiger partial charge in [0.05, 0.1) is 22.4 Å². The van der Waals surface area contributed by atoms with Crippen LogP contribution in [0.2, 0.25) is 0 Å². The number of carbonyl (C=O) groups excluding carboxylic acids is 1. The second kappa shape index (κ2) is 6.98. The van der Waals surface area contributed by atoms with Crippen molar-refractivity contribution in [3.63, 3.8) is 0 Å². The summed E-state index contributed by atoms with van der Waals surface area (Å²) in [6.45, 7) is 2.32. The molecule has 0 aromatic heterocycles. The highest BCUT2D eigenvalue weighted by molar-refractivity contribution is 9.10. The Morgan fingerprint density at radius 3 is 2.94 bits per heavy atom. The van der Waals surface area contributed by atoms with Crippen molar-refractivity contribution in [1.82, 2.24) is 0 Å². The third-order valence-electron chi connectivity index (χ3n) is 1.87. The van der Waals surface area contributed by atoms with Crippen LogP contribution in [0.15, 0.2) is 22.7 Å². The van der Waals surface area contributed by atoms with Crippen molar-refractivity contribution in [3.05, 3.63) is 28.2 Å². The minimum absolute atomic E-state index is 0.0413. The average Bonchev–Trinajstić information content (AvgIpc) is 2.30. The lowest BCUT2D eigenvalue weighted by molar-refractivity contribution is 0.102. The van der Waals surface area contributed by atoms with Crippen molar-refractivity contribution in [2.75, 3.05) is 12.4 Å². The van der Waals surface area contributed by atoms with Crippen LogP contribution in [0.5, 0.6) is 5.75 Å². The Morgan fingerprint density at radius 2 is 2.29 bits per heavy atom. The highest BCUT2D eigenvalue weighted by Gasteiger charge is 2.14. The first-order valence-electron chi connectivity index (χ1n) is 4.86. The molecule has 3 nitrogen and oxygen atoms in total. The molecule has 17 heavy (non-hydrogen) atoms. The van der Waals surface area contributed by atoms with Gasteiger partial charge in [0.25, 0.3) is 0 Å². The lowest BCUT2D eigenvalue weighted by Crippen LogP contribution is -2.06. The summed E-state index contributed by atoms with van der Waals surface area (Å²) < 4.78 is 5.90. The molecule has 0 unspecified atom stereocenters. The summed E-state index contributed by atoms with van der Waals surface area (Å²) in [7, 11) is 0. The normalized spacial score (nSPS) is 10.0. The number of thioether (sulfide) groups is 1. The van der Waals surface area contributed by atoms with E-state index in [-0.39, 0.29) is 22.8 Å². The summed E-state index contributed by atoms with van der Waals surface area (Å²) in [6.07, 6.45) is 0. The number of rotatable bonds is 4. The van der Waals surface area contributed by atoms with E-state index >= 15 is 0 Å². The van der Waals surface area contributed by atoms with Crippen molar-refractivity contribution in [3.8, 4) is 5.75 Å². The smallest absolute Gasteiger partial charge is 0.220 e. The number of ketones is 1. The molecule has 6 heteroatoms. The molecule has 0 radical (unpaired) electrons. The number of Topliss-reactive ketones (excluding diaryl/α,β-unsaturated/α-hetero) is 1. The zero-order valence-corrected chi connectivity index (χ0v) is 12.3. The quantitative estimate of drug-likeness (QED) is 0.675. The summed E-state index contributed by atoms with van der Waals surface area (Å²) in [5, 5.41) is 9.70. The predicted molar refractivity (Wildman–Crippen MR) is 76.8 cm³/mol. The fourth-order valence-electron chi connectivity index (χ4n) is 1.10. The lowest BCUT2D eigenvalue weighted by atomic mass is 10.1. The summed E-state index contributed by atoms with van der Waals surface area (Å²) >= 11 is 9.21. The van der Waals surface area contributed by atoms with Gasteiger partial charge in [-0.1, -0.05) is 17.8 Å². The number of benzene rings is 1. The van der Waals surface area contributed by atoms with Gasteiger partial charge in [0.15, 0.2) is 5.78 Å². The van der Waals surface area contributed by atoms with E-state index in [1.807, 2.05) is 6.92 Å².